The van der Waals surface area contributed by atoms with Gasteiger partial charge in [0.15, 0.2) is 5.82 Å². The highest BCUT2D eigenvalue weighted by atomic mass is 79.9. The van der Waals surface area contributed by atoms with E-state index in [2.05, 4.69) is 26.1 Å². The third-order valence-electron chi connectivity index (χ3n) is 2.52. The van der Waals surface area contributed by atoms with E-state index in [0.717, 1.165) is 5.82 Å². The molecule has 2 aromatic rings. The van der Waals surface area contributed by atoms with Gasteiger partial charge in [-0.3, -0.25) is 0 Å². The molecule has 0 N–H and O–H groups in total. The largest absolute Gasteiger partial charge is 0.313 e. The van der Waals surface area contributed by atoms with Crippen molar-refractivity contribution in [2.24, 2.45) is 7.05 Å². The zero-order valence-corrected chi connectivity index (χ0v) is 10.6. The van der Waals surface area contributed by atoms with Gasteiger partial charge in [0.1, 0.15) is 11.6 Å². The first-order valence-corrected chi connectivity index (χ1v) is 5.97. The molecular formula is C11H11BrFN3. The summed E-state index contributed by atoms with van der Waals surface area (Å²) in [7, 11) is 1.83. The van der Waals surface area contributed by atoms with Crippen molar-refractivity contribution in [1.82, 2.24) is 14.8 Å². The molecule has 0 aliphatic heterocycles. The van der Waals surface area contributed by atoms with Gasteiger partial charge in [0.25, 0.3) is 0 Å². The topological polar surface area (TPSA) is 30.7 Å². The minimum atomic E-state index is -0.237. The van der Waals surface area contributed by atoms with Crippen molar-refractivity contribution >= 4 is 15.9 Å². The molecular weight excluding hydrogens is 273 g/mol. The minimum Gasteiger partial charge on any atom is -0.313 e. The summed E-state index contributed by atoms with van der Waals surface area (Å²) in [4.78, 5) is 0. The van der Waals surface area contributed by atoms with E-state index in [1.54, 1.807) is 23.6 Å². The van der Waals surface area contributed by atoms with Crippen LogP contribution in [0.1, 0.15) is 11.4 Å². The maximum Gasteiger partial charge on any atom is 0.166 e. The third-order valence-corrected chi connectivity index (χ3v) is 3.02. The lowest BCUT2D eigenvalue weighted by molar-refractivity contribution is 0.619. The number of benzene rings is 1. The second kappa shape index (κ2) is 4.33. The maximum absolute atomic E-state index is 13.9. The molecule has 0 aliphatic carbocycles. The maximum atomic E-state index is 13.9. The fourth-order valence-corrected chi connectivity index (χ4v) is 2.02. The average molecular weight is 284 g/mol. The van der Waals surface area contributed by atoms with E-state index in [-0.39, 0.29) is 5.82 Å². The summed E-state index contributed by atoms with van der Waals surface area (Å²) in [5, 5.41) is 8.58. The molecule has 0 spiro atoms. The first-order chi connectivity index (χ1) is 7.65. The molecule has 0 saturated carbocycles. The number of halogens is 2. The van der Waals surface area contributed by atoms with E-state index in [4.69, 9.17) is 0 Å². The molecule has 1 aromatic carbocycles. The van der Waals surface area contributed by atoms with Gasteiger partial charge in [0, 0.05) is 7.05 Å². The lowest BCUT2D eigenvalue weighted by atomic mass is 10.1. The normalized spacial score (nSPS) is 10.8. The van der Waals surface area contributed by atoms with Crippen molar-refractivity contribution in [3.05, 3.63) is 35.4 Å². The Labute approximate surface area is 101 Å². The van der Waals surface area contributed by atoms with Crippen LogP contribution in [0.4, 0.5) is 4.39 Å². The summed E-state index contributed by atoms with van der Waals surface area (Å²) in [6.45, 7) is 1.74. The van der Waals surface area contributed by atoms with Crippen LogP contribution in [0.15, 0.2) is 18.2 Å². The van der Waals surface area contributed by atoms with E-state index in [9.17, 15) is 4.39 Å². The number of rotatable bonds is 2. The van der Waals surface area contributed by atoms with Crippen LogP contribution in [0, 0.1) is 12.7 Å². The van der Waals surface area contributed by atoms with Gasteiger partial charge in [-0.25, -0.2) is 4.39 Å². The van der Waals surface area contributed by atoms with Gasteiger partial charge in [0.05, 0.1) is 10.9 Å². The Morgan fingerprint density at radius 1 is 1.38 bits per heavy atom. The molecule has 0 amide bonds. The van der Waals surface area contributed by atoms with Gasteiger partial charge < -0.3 is 4.57 Å². The van der Waals surface area contributed by atoms with E-state index in [1.165, 1.54) is 0 Å². The predicted octanol–water partition coefficient (Wildman–Crippen LogP) is 2.82. The Bertz CT molecular complexity index is 522. The average Bonchev–Trinajstić information content (AvgIpc) is 2.64. The minimum absolute atomic E-state index is 0.237. The van der Waals surface area contributed by atoms with E-state index < -0.39 is 0 Å². The van der Waals surface area contributed by atoms with Crippen LogP contribution in [0.2, 0.25) is 0 Å². The van der Waals surface area contributed by atoms with E-state index in [0.29, 0.717) is 22.3 Å². The van der Waals surface area contributed by atoms with Gasteiger partial charge >= 0.3 is 0 Å². The van der Waals surface area contributed by atoms with Crippen LogP contribution in [0.3, 0.4) is 0 Å². The number of aryl methyl sites for hydroxylation is 1. The summed E-state index contributed by atoms with van der Waals surface area (Å²) in [6, 6.07) is 5.27. The quantitative estimate of drug-likeness (QED) is 0.794. The van der Waals surface area contributed by atoms with Gasteiger partial charge in [-0.05, 0) is 18.6 Å². The van der Waals surface area contributed by atoms with Crippen molar-refractivity contribution in [3.8, 4) is 11.4 Å². The first-order valence-electron chi connectivity index (χ1n) is 4.85. The molecule has 84 valence electrons. The SMILES string of the molecule is Cc1cccc(-c2nnc(CBr)n2C)c1F. The van der Waals surface area contributed by atoms with Crippen LogP contribution >= 0.6 is 15.9 Å². The highest BCUT2D eigenvalue weighted by Crippen LogP contribution is 2.23. The number of hydrogen-bond acceptors (Lipinski definition) is 2. The molecule has 3 nitrogen and oxygen atoms in total. The number of aromatic nitrogens is 3. The van der Waals surface area contributed by atoms with Crippen molar-refractivity contribution in [1.29, 1.82) is 0 Å². The van der Waals surface area contributed by atoms with Gasteiger partial charge in [-0.15, -0.1) is 10.2 Å². The lowest BCUT2D eigenvalue weighted by Crippen LogP contribution is -1.99. The number of nitrogens with zero attached hydrogens (tertiary/aromatic N) is 3. The molecule has 0 saturated heterocycles. The smallest absolute Gasteiger partial charge is 0.166 e. The van der Waals surface area contributed by atoms with Crippen molar-refractivity contribution in [3.63, 3.8) is 0 Å². The molecule has 0 fully saturated rings. The Morgan fingerprint density at radius 2 is 2.12 bits per heavy atom. The molecule has 1 aromatic heterocycles. The van der Waals surface area contributed by atoms with E-state index >= 15 is 0 Å². The number of hydrogen-bond donors (Lipinski definition) is 0. The standard InChI is InChI=1S/C11H11BrFN3/c1-7-4-3-5-8(10(7)13)11-15-14-9(6-12)16(11)2/h3-5H,6H2,1-2H3. The monoisotopic (exact) mass is 283 g/mol. The summed E-state index contributed by atoms with van der Waals surface area (Å²) < 4.78 is 15.7. The zero-order chi connectivity index (χ0) is 11.7. The molecule has 16 heavy (non-hydrogen) atoms. The third kappa shape index (κ3) is 1.75. The fourth-order valence-electron chi connectivity index (χ4n) is 1.53. The van der Waals surface area contributed by atoms with Gasteiger partial charge in [-0.2, -0.15) is 0 Å². The molecule has 1 heterocycles. The highest BCUT2D eigenvalue weighted by molar-refractivity contribution is 9.08. The molecule has 0 bridgehead atoms. The van der Waals surface area contributed by atoms with Crippen molar-refractivity contribution in [2.75, 3.05) is 0 Å². The number of alkyl halides is 1. The predicted molar refractivity (Wildman–Crippen MR) is 63.8 cm³/mol. The Hall–Kier alpha value is -1.23. The Kier molecular flexibility index (Phi) is 3.05. The van der Waals surface area contributed by atoms with Crippen LogP contribution in [0.5, 0.6) is 0 Å². The Morgan fingerprint density at radius 3 is 2.75 bits per heavy atom. The first kappa shape index (κ1) is 11.3. The summed E-state index contributed by atoms with van der Waals surface area (Å²) in [6.07, 6.45) is 0. The molecule has 0 radical (unpaired) electrons. The van der Waals surface area contributed by atoms with Crippen molar-refractivity contribution in [2.45, 2.75) is 12.3 Å². The summed E-state index contributed by atoms with van der Waals surface area (Å²) in [5.41, 5.74) is 1.10. The summed E-state index contributed by atoms with van der Waals surface area (Å²) >= 11 is 3.31. The van der Waals surface area contributed by atoms with Crippen LogP contribution in [-0.4, -0.2) is 14.8 Å². The Balaban J connectivity index is 2.59. The zero-order valence-electron chi connectivity index (χ0n) is 9.04. The second-order valence-electron chi connectivity index (χ2n) is 3.57. The summed E-state index contributed by atoms with van der Waals surface area (Å²) in [5.74, 6) is 1.09. The van der Waals surface area contributed by atoms with E-state index in [1.807, 2.05) is 13.1 Å². The van der Waals surface area contributed by atoms with Gasteiger partial charge in [0.2, 0.25) is 0 Å². The molecule has 0 atom stereocenters. The lowest BCUT2D eigenvalue weighted by Gasteiger charge is -2.05. The van der Waals surface area contributed by atoms with Crippen LogP contribution in [-0.2, 0) is 12.4 Å². The van der Waals surface area contributed by atoms with Crippen LogP contribution < -0.4 is 0 Å². The molecule has 0 unspecified atom stereocenters. The van der Waals surface area contributed by atoms with Gasteiger partial charge in [-0.1, -0.05) is 28.1 Å². The molecule has 2 rings (SSSR count). The van der Waals surface area contributed by atoms with Crippen LogP contribution in [0.25, 0.3) is 11.4 Å². The molecule has 0 aliphatic rings. The highest BCUT2D eigenvalue weighted by Gasteiger charge is 2.14. The second-order valence-corrected chi connectivity index (χ2v) is 4.13. The molecule has 5 heteroatoms. The fraction of sp³-hybridized carbons (Fsp3) is 0.273. The van der Waals surface area contributed by atoms with Crippen molar-refractivity contribution < 1.29 is 4.39 Å².